The van der Waals surface area contributed by atoms with Crippen LogP contribution in [0.25, 0.3) is 27.7 Å². The average Bonchev–Trinajstić information content (AvgIpc) is 3.47. The maximum atomic E-state index is 14.8. The fourth-order valence-corrected chi connectivity index (χ4v) is 5.31. The minimum Gasteiger partial charge on any atom is -0.479 e. The molecule has 1 aliphatic rings. The number of halogens is 4. The van der Waals surface area contributed by atoms with Gasteiger partial charge < -0.3 is 10.1 Å². The molecule has 4 heterocycles. The molecular formula is C22H24F4N8O3S. The molecule has 1 saturated heterocycles. The number of nitrogens with one attached hydrogen (secondary N) is 1. The first-order chi connectivity index (χ1) is 17.9. The number of benzene rings is 1. The van der Waals surface area contributed by atoms with Crippen molar-refractivity contribution >= 4 is 32.5 Å². The topological polar surface area (TPSA) is 120 Å². The third kappa shape index (κ3) is 4.62. The quantitative estimate of drug-likeness (QED) is 0.345. The zero-order valence-corrected chi connectivity index (χ0v) is 21.3. The summed E-state index contributed by atoms with van der Waals surface area (Å²) in [4.78, 5) is 4.27. The van der Waals surface area contributed by atoms with Gasteiger partial charge in [-0.1, -0.05) is 11.3 Å². The van der Waals surface area contributed by atoms with Gasteiger partial charge >= 0.3 is 0 Å². The molecule has 204 valence electrons. The molecule has 2 atom stereocenters. The second-order valence-corrected chi connectivity index (χ2v) is 11.1. The molecule has 0 spiro atoms. The van der Waals surface area contributed by atoms with Crippen LogP contribution in [-0.4, -0.2) is 87.2 Å². The van der Waals surface area contributed by atoms with Crippen molar-refractivity contribution < 1.29 is 30.7 Å². The van der Waals surface area contributed by atoms with Crippen LogP contribution in [0, 0.1) is 0 Å². The van der Waals surface area contributed by atoms with E-state index in [1.165, 1.54) is 18.5 Å². The lowest BCUT2D eigenvalue weighted by molar-refractivity contribution is -0.0541. The predicted octanol–water partition coefficient (Wildman–Crippen LogP) is 3.06. The summed E-state index contributed by atoms with van der Waals surface area (Å²) in [5, 5.41) is 14.7. The van der Waals surface area contributed by atoms with Gasteiger partial charge in [0.1, 0.15) is 17.1 Å². The van der Waals surface area contributed by atoms with E-state index in [1.54, 1.807) is 30.5 Å². The Morgan fingerprint density at radius 3 is 2.66 bits per heavy atom. The SMILES string of the molecule is COc1nc(N[C@@H]2CCN(S(C)(=O)=O)CC2(F)F)nn2ccc(-c3ccc4nnn([C@H](C)C(F)F)c4c3)c12. The van der Waals surface area contributed by atoms with Gasteiger partial charge in [0.05, 0.1) is 31.5 Å². The highest BCUT2D eigenvalue weighted by molar-refractivity contribution is 7.88. The van der Waals surface area contributed by atoms with Gasteiger partial charge in [-0.2, -0.15) is 9.29 Å². The van der Waals surface area contributed by atoms with Crippen LogP contribution in [0.1, 0.15) is 19.4 Å². The minimum atomic E-state index is -3.75. The van der Waals surface area contributed by atoms with E-state index in [0.717, 1.165) is 15.2 Å². The summed E-state index contributed by atoms with van der Waals surface area (Å²) in [6, 6.07) is 4.20. The third-order valence-electron chi connectivity index (χ3n) is 6.54. The highest BCUT2D eigenvalue weighted by atomic mass is 32.2. The summed E-state index contributed by atoms with van der Waals surface area (Å²) in [6.07, 6.45) is -0.306. The second-order valence-electron chi connectivity index (χ2n) is 9.12. The monoisotopic (exact) mass is 556 g/mol. The molecule has 1 aromatic carbocycles. The van der Waals surface area contributed by atoms with E-state index in [2.05, 4.69) is 25.7 Å². The number of anilines is 1. The van der Waals surface area contributed by atoms with Crippen LogP contribution in [0.4, 0.5) is 23.5 Å². The molecule has 1 N–H and O–H groups in total. The van der Waals surface area contributed by atoms with Crippen LogP contribution in [0.2, 0.25) is 0 Å². The Hall–Kier alpha value is -3.53. The number of rotatable bonds is 7. The van der Waals surface area contributed by atoms with Crippen LogP contribution >= 0.6 is 0 Å². The zero-order valence-electron chi connectivity index (χ0n) is 20.5. The van der Waals surface area contributed by atoms with E-state index in [0.29, 0.717) is 27.7 Å². The summed E-state index contributed by atoms with van der Waals surface area (Å²) < 4.78 is 88.4. The van der Waals surface area contributed by atoms with Crippen LogP contribution in [0.15, 0.2) is 30.5 Å². The fourth-order valence-electron chi connectivity index (χ4n) is 4.46. The first-order valence-electron chi connectivity index (χ1n) is 11.6. The predicted molar refractivity (Wildman–Crippen MR) is 130 cm³/mol. The number of alkyl halides is 4. The van der Waals surface area contributed by atoms with Gasteiger partial charge in [-0.05, 0) is 37.1 Å². The van der Waals surface area contributed by atoms with Crippen LogP contribution in [0.3, 0.4) is 0 Å². The van der Waals surface area contributed by atoms with E-state index in [-0.39, 0.29) is 24.8 Å². The molecule has 16 heteroatoms. The van der Waals surface area contributed by atoms with Gasteiger partial charge in [0, 0.05) is 18.3 Å². The standard InChI is InChI=1S/C22H24F4N8O3S/c1-12(19(23)24)34-16-10-13(4-5-15(16)29-31-34)14-6-9-33-18(14)20(37-2)28-21(30-33)27-17-7-8-32(38(3,35)36)11-22(17,25)26/h4-6,9-10,12,17,19H,7-8,11H2,1-3H3,(H,27,30)/t12-,17-/m1/s1. The van der Waals surface area contributed by atoms with Crippen molar-refractivity contribution in [1.29, 1.82) is 0 Å². The van der Waals surface area contributed by atoms with Crippen molar-refractivity contribution in [2.24, 2.45) is 0 Å². The number of ether oxygens (including phenoxy) is 1. The normalized spacial score (nSPS) is 19.3. The number of aromatic nitrogens is 6. The fraction of sp³-hybridized carbons (Fsp3) is 0.455. The van der Waals surface area contributed by atoms with Gasteiger partial charge in [-0.15, -0.1) is 10.2 Å². The molecule has 38 heavy (non-hydrogen) atoms. The maximum Gasteiger partial charge on any atom is 0.281 e. The molecule has 0 radical (unpaired) electrons. The van der Waals surface area contributed by atoms with Crippen molar-refractivity contribution in [1.82, 2.24) is 33.9 Å². The third-order valence-corrected chi connectivity index (χ3v) is 7.79. The number of piperidine rings is 1. The van der Waals surface area contributed by atoms with E-state index in [1.807, 2.05) is 0 Å². The molecule has 0 saturated carbocycles. The maximum absolute atomic E-state index is 14.8. The summed E-state index contributed by atoms with van der Waals surface area (Å²) in [6.45, 7) is 0.324. The van der Waals surface area contributed by atoms with Crippen molar-refractivity contribution in [2.75, 3.05) is 31.8 Å². The molecule has 11 nitrogen and oxygen atoms in total. The van der Waals surface area contributed by atoms with E-state index >= 15 is 0 Å². The first-order valence-corrected chi connectivity index (χ1v) is 13.4. The Bertz CT molecular complexity index is 1610. The van der Waals surface area contributed by atoms with E-state index < -0.39 is 41.0 Å². The zero-order chi connectivity index (χ0) is 27.4. The lowest BCUT2D eigenvalue weighted by Crippen LogP contribution is -2.55. The highest BCUT2D eigenvalue weighted by Crippen LogP contribution is 2.35. The molecule has 5 rings (SSSR count). The smallest absolute Gasteiger partial charge is 0.281 e. The average molecular weight is 557 g/mol. The van der Waals surface area contributed by atoms with E-state index in [4.69, 9.17) is 4.74 Å². The summed E-state index contributed by atoms with van der Waals surface area (Å²) >= 11 is 0. The number of sulfonamides is 1. The minimum absolute atomic E-state index is 0.0722. The van der Waals surface area contributed by atoms with Crippen LogP contribution in [0.5, 0.6) is 5.88 Å². The molecule has 1 aliphatic heterocycles. The Balaban J connectivity index is 1.49. The molecule has 3 aromatic heterocycles. The molecule has 0 amide bonds. The van der Waals surface area contributed by atoms with Crippen molar-refractivity contribution in [3.63, 3.8) is 0 Å². The van der Waals surface area contributed by atoms with Crippen LogP contribution < -0.4 is 10.1 Å². The Kier molecular flexibility index (Phi) is 6.41. The number of hydrogen-bond acceptors (Lipinski definition) is 8. The van der Waals surface area contributed by atoms with Crippen molar-refractivity contribution in [2.45, 2.75) is 37.8 Å². The lowest BCUT2D eigenvalue weighted by Gasteiger charge is -2.37. The summed E-state index contributed by atoms with van der Waals surface area (Å²) in [5.41, 5.74) is 2.53. The summed E-state index contributed by atoms with van der Waals surface area (Å²) in [7, 11) is -2.38. The number of hydrogen-bond donors (Lipinski definition) is 1. The van der Waals surface area contributed by atoms with Gasteiger partial charge in [0.15, 0.2) is 0 Å². The van der Waals surface area contributed by atoms with Crippen molar-refractivity contribution in [3.05, 3.63) is 30.5 Å². The van der Waals surface area contributed by atoms with Crippen LogP contribution in [-0.2, 0) is 10.0 Å². The lowest BCUT2D eigenvalue weighted by atomic mass is 10.0. The first kappa shape index (κ1) is 26.1. The largest absolute Gasteiger partial charge is 0.479 e. The number of fused-ring (bicyclic) bond motifs is 2. The number of nitrogens with zero attached hydrogens (tertiary/aromatic N) is 7. The molecule has 0 bridgehead atoms. The van der Waals surface area contributed by atoms with Gasteiger partial charge in [-0.25, -0.2) is 35.2 Å². The second kappa shape index (κ2) is 9.34. The molecule has 0 unspecified atom stereocenters. The molecule has 0 aliphatic carbocycles. The number of methoxy groups -OCH3 is 1. The van der Waals surface area contributed by atoms with Gasteiger partial charge in [0.2, 0.25) is 21.9 Å². The molecule has 4 aromatic rings. The Morgan fingerprint density at radius 2 is 2.00 bits per heavy atom. The molecule has 1 fully saturated rings. The Labute approximate surface area is 214 Å². The highest BCUT2D eigenvalue weighted by Gasteiger charge is 2.47. The van der Waals surface area contributed by atoms with Crippen molar-refractivity contribution in [3.8, 4) is 17.0 Å². The molecular weight excluding hydrogens is 532 g/mol. The van der Waals surface area contributed by atoms with Gasteiger partial charge in [0.25, 0.3) is 12.3 Å². The van der Waals surface area contributed by atoms with E-state index in [9.17, 15) is 26.0 Å². The Morgan fingerprint density at radius 1 is 1.24 bits per heavy atom. The summed E-state index contributed by atoms with van der Waals surface area (Å²) in [5.74, 6) is -3.40. The van der Waals surface area contributed by atoms with Gasteiger partial charge in [-0.3, -0.25) is 0 Å².